The average molecular weight is 190 g/mol. The maximum atomic E-state index is 8.93. The van der Waals surface area contributed by atoms with Gasteiger partial charge in [-0.2, -0.15) is 5.26 Å². The normalized spacial score (nSPS) is 9.57. The Bertz CT molecular complexity index is 365. The van der Waals surface area contributed by atoms with Gasteiger partial charge in [-0.1, -0.05) is 0 Å². The molecule has 3 N–H and O–H groups in total. The molecular weight excluding hydrogens is 176 g/mol. The number of hydrogen-bond acceptors (Lipinski definition) is 4. The van der Waals surface area contributed by atoms with E-state index < -0.39 is 0 Å². The third-order valence-corrected chi connectivity index (χ3v) is 1.90. The van der Waals surface area contributed by atoms with Gasteiger partial charge in [-0.15, -0.1) is 0 Å². The van der Waals surface area contributed by atoms with E-state index >= 15 is 0 Å². The summed E-state index contributed by atoms with van der Waals surface area (Å²) in [6.07, 6.45) is 0. The van der Waals surface area contributed by atoms with Crippen LogP contribution in [0.15, 0.2) is 6.07 Å². The van der Waals surface area contributed by atoms with Crippen molar-refractivity contribution in [1.29, 1.82) is 5.26 Å². The fraction of sp³-hybridized carbons (Fsp3) is 0.400. The molecule has 1 rings (SSSR count). The molecule has 0 aromatic carbocycles. The molecule has 0 aliphatic carbocycles. The number of hydrogen-bond donors (Lipinski definition) is 2. The van der Waals surface area contributed by atoms with E-state index in [1.807, 2.05) is 19.9 Å². The van der Waals surface area contributed by atoms with E-state index in [4.69, 9.17) is 11.0 Å². The molecule has 0 aliphatic heterocycles. The van der Waals surface area contributed by atoms with Crippen LogP contribution in [0, 0.1) is 25.2 Å². The zero-order chi connectivity index (χ0) is 10.6. The molecule has 0 radical (unpaired) electrons. The summed E-state index contributed by atoms with van der Waals surface area (Å²) < 4.78 is 0. The molecule has 0 spiro atoms. The Balaban J connectivity index is 3.07. The first-order chi connectivity index (χ1) is 6.69. The van der Waals surface area contributed by atoms with E-state index in [0.29, 0.717) is 18.7 Å². The summed E-state index contributed by atoms with van der Waals surface area (Å²) >= 11 is 0. The summed E-state index contributed by atoms with van der Waals surface area (Å²) in [4.78, 5) is 4.22. The summed E-state index contributed by atoms with van der Waals surface area (Å²) in [5.41, 5.74) is 8.47. The Kier molecular flexibility index (Phi) is 3.43. The van der Waals surface area contributed by atoms with Crippen molar-refractivity contribution in [3.05, 3.63) is 23.0 Å². The summed E-state index contributed by atoms with van der Waals surface area (Å²) in [6.45, 7) is 4.95. The molecule has 1 aromatic rings. The lowest BCUT2D eigenvalue weighted by molar-refractivity contribution is 1.01. The van der Waals surface area contributed by atoms with Gasteiger partial charge in [0.15, 0.2) is 0 Å². The Hall–Kier alpha value is -1.60. The number of pyridine rings is 1. The second-order valence-corrected chi connectivity index (χ2v) is 3.10. The Labute approximate surface area is 83.8 Å². The van der Waals surface area contributed by atoms with Gasteiger partial charge in [0.05, 0.1) is 16.9 Å². The molecule has 0 atom stereocenters. The molecule has 4 nitrogen and oxygen atoms in total. The minimum atomic E-state index is 0.547. The fourth-order valence-electron chi connectivity index (χ4n) is 1.32. The Morgan fingerprint density at radius 2 is 2.29 bits per heavy atom. The van der Waals surface area contributed by atoms with Gasteiger partial charge >= 0.3 is 0 Å². The topological polar surface area (TPSA) is 74.7 Å². The molecule has 0 unspecified atom stereocenters. The van der Waals surface area contributed by atoms with E-state index in [9.17, 15) is 0 Å². The average Bonchev–Trinajstić information content (AvgIpc) is 2.14. The van der Waals surface area contributed by atoms with Gasteiger partial charge < -0.3 is 11.1 Å². The molecule has 74 valence electrons. The second-order valence-electron chi connectivity index (χ2n) is 3.10. The van der Waals surface area contributed by atoms with Crippen molar-refractivity contribution in [1.82, 2.24) is 4.98 Å². The highest BCUT2D eigenvalue weighted by atomic mass is 14.9. The van der Waals surface area contributed by atoms with E-state index in [2.05, 4.69) is 16.4 Å². The standard InChI is InChI=1S/C10H14N4/c1-7-5-10(13-4-3-11)9(6-12)8(2)14-7/h5H,3-4,11H2,1-2H3,(H,13,14). The van der Waals surface area contributed by atoms with Crippen LogP contribution in [0.5, 0.6) is 0 Å². The van der Waals surface area contributed by atoms with Crippen LogP contribution in [0.3, 0.4) is 0 Å². The van der Waals surface area contributed by atoms with Crippen molar-refractivity contribution in [2.24, 2.45) is 5.73 Å². The zero-order valence-corrected chi connectivity index (χ0v) is 8.46. The van der Waals surface area contributed by atoms with Gasteiger partial charge in [-0.3, -0.25) is 4.98 Å². The van der Waals surface area contributed by atoms with E-state index in [1.165, 1.54) is 0 Å². The quantitative estimate of drug-likeness (QED) is 0.743. The van der Waals surface area contributed by atoms with Crippen LogP contribution in [0.4, 0.5) is 5.69 Å². The van der Waals surface area contributed by atoms with Gasteiger partial charge in [0.2, 0.25) is 0 Å². The number of nitrogens with zero attached hydrogens (tertiary/aromatic N) is 2. The lowest BCUT2D eigenvalue weighted by Gasteiger charge is -2.09. The van der Waals surface area contributed by atoms with Crippen LogP contribution in [-0.4, -0.2) is 18.1 Å². The largest absolute Gasteiger partial charge is 0.383 e. The number of anilines is 1. The molecule has 0 bridgehead atoms. The number of nitriles is 1. The predicted molar refractivity (Wildman–Crippen MR) is 56.0 cm³/mol. The first kappa shape index (κ1) is 10.5. The maximum absolute atomic E-state index is 8.93. The number of nitrogens with one attached hydrogen (secondary N) is 1. The molecule has 0 amide bonds. The number of nitrogens with two attached hydrogens (primary N) is 1. The lowest BCUT2D eigenvalue weighted by atomic mass is 10.1. The molecule has 0 saturated carbocycles. The Morgan fingerprint density at radius 1 is 1.57 bits per heavy atom. The summed E-state index contributed by atoms with van der Waals surface area (Å²) in [7, 11) is 0. The van der Waals surface area contributed by atoms with Crippen LogP contribution in [0.1, 0.15) is 17.0 Å². The second kappa shape index (κ2) is 4.58. The van der Waals surface area contributed by atoms with E-state index in [1.54, 1.807) is 0 Å². The van der Waals surface area contributed by atoms with E-state index in [0.717, 1.165) is 17.1 Å². The summed E-state index contributed by atoms with van der Waals surface area (Å²) in [6, 6.07) is 4.00. The van der Waals surface area contributed by atoms with Gasteiger partial charge in [0.25, 0.3) is 0 Å². The predicted octanol–water partition coefficient (Wildman–Crippen LogP) is 0.941. The maximum Gasteiger partial charge on any atom is 0.103 e. The van der Waals surface area contributed by atoms with Crippen molar-refractivity contribution in [3.63, 3.8) is 0 Å². The molecule has 0 aliphatic rings. The summed E-state index contributed by atoms with van der Waals surface area (Å²) in [5.74, 6) is 0. The smallest absolute Gasteiger partial charge is 0.103 e. The minimum Gasteiger partial charge on any atom is -0.383 e. The minimum absolute atomic E-state index is 0.547. The Morgan fingerprint density at radius 3 is 2.86 bits per heavy atom. The van der Waals surface area contributed by atoms with Crippen LogP contribution in [0.25, 0.3) is 0 Å². The van der Waals surface area contributed by atoms with Gasteiger partial charge in [0, 0.05) is 18.8 Å². The van der Waals surface area contributed by atoms with Crippen LogP contribution >= 0.6 is 0 Å². The van der Waals surface area contributed by atoms with Gasteiger partial charge in [-0.25, -0.2) is 0 Å². The molecule has 1 aromatic heterocycles. The van der Waals surface area contributed by atoms with Crippen LogP contribution < -0.4 is 11.1 Å². The highest BCUT2D eigenvalue weighted by Gasteiger charge is 2.06. The molecule has 14 heavy (non-hydrogen) atoms. The summed E-state index contributed by atoms with van der Waals surface area (Å²) in [5, 5.41) is 12.0. The fourth-order valence-corrected chi connectivity index (χ4v) is 1.32. The first-order valence-electron chi connectivity index (χ1n) is 4.51. The van der Waals surface area contributed by atoms with Crippen molar-refractivity contribution in [2.75, 3.05) is 18.4 Å². The van der Waals surface area contributed by atoms with Gasteiger partial charge in [-0.05, 0) is 19.9 Å². The highest BCUT2D eigenvalue weighted by Crippen LogP contribution is 2.17. The molecule has 0 fully saturated rings. The highest BCUT2D eigenvalue weighted by molar-refractivity contribution is 5.59. The lowest BCUT2D eigenvalue weighted by Crippen LogP contribution is -2.14. The van der Waals surface area contributed by atoms with Gasteiger partial charge in [0.1, 0.15) is 6.07 Å². The number of aromatic nitrogens is 1. The van der Waals surface area contributed by atoms with Crippen molar-refractivity contribution in [3.8, 4) is 6.07 Å². The molecular formula is C10H14N4. The van der Waals surface area contributed by atoms with Crippen molar-refractivity contribution in [2.45, 2.75) is 13.8 Å². The number of aryl methyl sites for hydroxylation is 2. The van der Waals surface area contributed by atoms with Crippen molar-refractivity contribution < 1.29 is 0 Å². The third-order valence-electron chi connectivity index (χ3n) is 1.90. The molecule has 1 heterocycles. The number of rotatable bonds is 3. The monoisotopic (exact) mass is 190 g/mol. The van der Waals surface area contributed by atoms with Crippen molar-refractivity contribution >= 4 is 5.69 Å². The van der Waals surface area contributed by atoms with Crippen LogP contribution in [-0.2, 0) is 0 Å². The SMILES string of the molecule is Cc1cc(NCCN)c(C#N)c(C)n1. The first-order valence-corrected chi connectivity index (χ1v) is 4.51. The third kappa shape index (κ3) is 2.21. The van der Waals surface area contributed by atoms with E-state index in [-0.39, 0.29) is 0 Å². The molecule has 4 heteroatoms. The zero-order valence-electron chi connectivity index (χ0n) is 8.46. The molecule has 0 saturated heterocycles. The van der Waals surface area contributed by atoms with Crippen LogP contribution in [0.2, 0.25) is 0 Å².